The lowest BCUT2D eigenvalue weighted by molar-refractivity contribution is -0.153. The average molecular weight is 333 g/mol. The van der Waals surface area contributed by atoms with Crippen LogP contribution in [0.15, 0.2) is 30.3 Å². The number of carbonyl (C=O) groups excluding carboxylic acids is 2. The van der Waals surface area contributed by atoms with Crippen molar-refractivity contribution in [2.75, 3.05) is 25.4 Å². The van der Waals surface area contributed by atoms with Gasteiger partial charge >= 0.3 is 5.97 Å². The van der Waals surface area contributed by atoms with E-state index in [0.29, 0.717) is 24.5 Å². The fourth-order valence-corrected chi connectivity index (χ4v) is 2.41. The van der Waals surface area contributed by atoms with E-state index in [4.69, 9.17) is 15.3 Å². The normalized spacial score (nSPS) is 16.2. The van der Waals surface area contributed by atoms with Gasteiger partial charge in [-0.25, -0.2) is 0 Å². The summed E-state index contributed by atoms with van der Waals surface area (Å²) in [5, 5.41) is 0. The number of nitrogens with one attached hydrogen (secondary N) is 1. The van der Waals surface area contributed by atoms with Crippen LogP contribution < -0.4 is 11.2 Å². The molecule has 0 spiro atoms. The third-order valence-electron chi connectivity index (χ3n) is 3.76. The van der Waals surface area contributed by atoms with E-state index < -0.39 is 12.1 Å². The lowest BCUT2D eigenvalue weighted by atomic mass is 10.1. The second-order valence-corrected chi connectivity index (χ2v) is 5.36. The number of ether oxygens (including phenoxy) is 1. The average Bonchev–Trinajstić information content (AvgIpc) is 3.02. The number of nitrogens with two attached hydrogens (primary N) is 1. The SMILES string of the molecule is CCN(CC)C(=O)COC(=O)CC1C=C(c2ccccc2N)NO1. The summed E-state index contributed by atoms with van der Waals surface area (Å²) in [7, 11) is 0. The van der Waals surface area contributed by atoms with Gasteiger partial charge in [-0.05, 0) is 26.0 Å². The molecule has 1 heterocycles. The van der Waals surface area contributed by atoms with E-state index in [9.17, 15) is 9.59 Å². The minimum Gasteiger partial charge on any atom is -0.455 e. The molecule has 1 aliphatic rings. The highest BCUT2D eigenvalue weighted by atomic mass is 16.7. The minimum absolute atomic E-state index is 0.0226. The summed E-state index contributed by atoms with van der Waals surface area (Å²) in [5.74, 6) is -0.687. The zero-order valence-corrected chi connectivity index (χ0v) is 14.0. The molecule has 1 aliphatic heterocycles. The Bertz CT molecular complexity index is 626. The van der Waals surface area contributed by atoms with Gasteiger partial charge in [0.25, 0.3) is 5.91 Å². The van der Waals surface area contributed by atoms with E-state index in [1.54, 1.807) is 17.0 Å². The van der Waals surface area contributed by atoms with Crippen LogP contribution in [0.2, 0.25) is 0 Å². The fourth-order valence-electron chi connectivity index (χ4n) is 2.41. The largest absolute Gasteiger partial charge is 0.455 e. The van der Waals surface area contributed by atoms with Crippen LogP contribution in [0, 0.1) is 0 Å². The van der Waals surface area contributed by atoms with Gasteiger partial charge < -0.3 is 15.4 Å². The number of nitrogen functional groups attached to an aromatic ring is 1. The standard InChI is InChI=1S/C17H23N3O4/c1-3-20(4-2)16(21)11-23-17(22)10-12-9-15(19-24-12)13-7-5-6-8-14(13)18/h5-9,12,19H,3-4,10-11,18H2,1-2H3. The van der Waals surface area contributed by atoms with Crippen molar-refractivity contribution in [3.63, 3.8) is 0 Å². The molecule has 2 rings (SSSR count). The molecule has 1 amide bonds. The zero-order chi connectivity index (χ0) is 17.5. The third-order valence-corrected chi connectivity index (χ3v) is 3.76. The number of hydrogen-bond acceptors (Lipinski definition) is 6. The van der Waals surface area contributed by atoms with Crippen molar-refractivity contribution in [2.45, 2.75) is 26.4 Å². The predicted octanol–water partition coefficient (Wildman–Crippen LogP) is 1.31. The van der Waals surface area contributed by atoms with Gasteiger partial charge in [-0.15, -0.1) is 0 Å². The molecule has 0 saturated carbocycles. The number of hydrogen-bond donors (Lipinski definition) is 2. The number of benzene rings is 1. The number of carbonyl (C=O) groups is 2. The molecule has 0 fully saturated rings. The number of anilines is 1. The van der Waals surface area contributed by atoms with Crippen LogP contribution in [0.25, 0.3) is 5.70 Å². The summed E-state index contributed by atoms with van der Waals surface area (Å²) in [5.41, 5.74) is 10.8. The molecule has 24 heavy (non-hydrogen) atoms. The number of nitrogens with zero attached hydrogens (tertiary/aromatic N) is 1. The Balaban J connectivity index is 1.85. The first-order valence-corrected chi connectivity index (χ1v) is 7.96. The van der Waals surface area contributed by atoms with Crippen LogP contribution >= 0.6 is 0 Å². The van der Waals surface area contributed by atoms with E-state index in [1.807, 2.05) is 32.0 Å². The van der Waals surface area contributed by atoms with Gasteiger partial charge in [-0.3, -0.25) is 19.9 Å². The Kier molecular flexibility index (Phi) is 6.20. The molecule has 0 saturated heterocycles. The topological polar surface area (TPSA) is 93.9 Å². The molecule has 1 unspecified atom stereocenters. The second kappa shape index (κ2) is 8.35. The van der Waals surface area contributed by atoms with Gasteiger partial charge in [-0.2, -0.15) is 0 Å². The summed E-state index contributed by atoms with van der Waals surface area (Å²) in [6.07, 6.45) is 1.34. The Hall–Kier alpha value is -2.54. The summed E-state index contributed by atoms with van der Waals surface area (Å²) in [4.78, 5) is 30.6. The van der Waals surface area contributed by atoms with Crippen molar-refractivity contribution in [3.8, 4) is 0 Å². The van der Waals surface area contributed by atoms with E-state index in [0.717, 1.165) is 5.56 Å². The van der Waals surface area contributed by atoms with Gasteiger partial charge in [0.2, 0.25) is 0 Å². The fraction of sp³-hybridized carbons (Fsp3) is 0.412. The number of amides is 1. The smallest absolute Gasteiger partial charge is 0.309 e. The van der Waals surface area contributed by atoms with Crippen LogP contribution in [-0.2, 0) is 19.2 Å². The first-order chi connectivity index (χ1) is 11.5. The molecule has 0 aromatic heterocycles. The lowest BCUT2D eigenvalue weighted by Gasteiger charge is -2.18. The van der Waals surface area contributed by atoms with Crippen molar-refractivity contribution in [2.24, 2.45) is 0 Å². The van der Waals surface area contributed by atoms with E-state index >= 15 is 0 Å². The van der Waals surface area contributed by atoms with Gasteiger partial charge in [0.05, 0.1) is 12.1 Å². The summed E-state index contributed by atoms with van der Waals surface area (Å²) in [6.45, 7) is 4.69. The number of esters is 1. The highest BCUT2D eigenvalue weighted by Crippen LogP contribution is 2.24. The van der Waals surface area contributed by atoms with Crippen molar-refractivity contribution < 1.29 is 19.2 Å². The van der Waals surface area contributed by atoms with Gasteiger partial charge in [-0.1, -0.05) is 18.2 Å². The zero-order valence-electron chi connectivity index (χ0n) is 14.0. The monoisotopic (exact) mass is 333 g/mol. The van der Waals surface area contributed by atoms with Crippen LogP contribution in [0.1, 0.15) is 25.8 Å². The Labute approximate surface area is 141 Å². The molecule has 0 aliphatic carbocycles. The summed E-state index contributed by atoms with van der Waals surface area (Å²) >= 11 is 0. The Morgan fingerprint density at radius 2 is 2.00 bits per heavy atom. The molecule has 7 heteroatoms. The number of para-hydroxylation sites is 1. The lowest BCUT2D eigenvalue weighted by Crippen LogP contribution is -2.34. The third kappa shape index (κ3) is 4.48. The summed E-state index contributed by atoms with van der Waals surface area (Å²) < 4.78 is 5.02. The molecule has 130 valence electrons. The molecular formula is C17H23N3O4. The predicted molar refractivity (Wildman–Crippen MR) is 90.3 cm³/mol. The highest BCUT2D eigenvalue weighted by Gasteiger charge is 2.23. The molecule has 0 radical (unpaired) electrons. The first-order valence-electron chi connectivity index (χ1n) is 7.96. The van der Waals surface area contributed by atoms with Gasteiger partial charge in [0.15, 0.2) is 6.61 Å². The molecule has 1 aromatic carbocycles. The quantitative estimate of drug-likeness (QED) is 0.577. The molecule has 7 nitrogen and oxygen atoms in total. The number of hydroxylamine groups is 1. The van der Waals surface area contributed by atoms with Crippen molar-refractivity contribution in [1.29, 1.82) is 0 Å². The maximum Gasteiger partial charge on any atom is 0.309 e. The van der Waals surface area contributed by atoms with Crippen LogP contribution in [0.3, 0.4) is 0 Å². The molecular weight excluding hydrogens is 310 g/mol. The van der Waals surface area contributed by atoms with Crippen molar-refractivity contribution in [1.82, 2.24) is 10.4 Å². The van der Waals surface area contributed by atoms with E-state index in [1.165, 1.54) is 0 Å². The van der Waals surface area contributed by atoms with Gasteiger partial charge in [0.1, 0.15) is 6.10 Å². The van der Waals surface area contributed by atoms with Crippen molar-refractivity contribution in [3.05, 3.63) is 35.9 Å². The Morgan fingerprint density at radius 1 is 1.29 bits per heavy atom. The highest BCUT2D eigenvalue weighted by molar-refractivity contribution is 5.81. The number of likely N-dealkylation sites (N-methyl/N-ethyl adjacent to an activating group) is 1. The van der Waals surface area contributed by atoms with Gasteiger partial charge in [0, 0.05) is 24.3 Å². The van der Waals surface area contributed by atoms with E-state index in [-0.39, 0.29) is 18.9 Å². The summed E-state index contributed by atoms with van der Waals surface area (Å²) in [6, 6.07) is 7.37. The van der Waals surface area contributed by atoms with Crippen LogP contribution in [0.4, 0.5) is 5.69 Å². The first kappa shape index (κ1) is 17.8. The second-order valence-electron chi connectivity index (χ2n) is 5.36. The molecule has 1 aromatic rings. The van der Waals surface area contributed by atoms with Crippen molar-refractivity contribution >= 4 is 23.3 Å². The van der Waals surface area contributed by atoms with Crippen LogP contribution in [0.5, 0.6) is 0 Å². The molecule has 0 bridgehead atoms. The number of rotatable bonds is 7. The maximum atomic E-state index is 11.9. The molecule has 3 N–H and O–H groups in total. The minimum atomic E-state index is -0.485. The maximum absolute atomic E-state index is 11.9. The van der Waals surface area contributed by atoms with Crippen LogP contribution in [-0.4, -0.2) is 42.6 Å². The molecule has 1 atom stereocenters. The Morgan fingerprint density at radius 3 is 2.67 bits per heavy atom. The van der Waals surface area contributed by atoms with E-state index in [2.05, 4.69) is 5.48 Å².